The zero-order chi connectivity index (χ0) is 17.9. The van der Waals surface area contributed by atoms with E-state index < -0.39 is 0 Å². The summed E-state index contributed by atoms with van der Waals surface area (Å²) in [7, 11) is 0. The van der Waals surface area contributed by atoms with Crippen molar-refractivity contribution in [2.24, 2.45) is 0 Å². The number of hydrogen-bond acceptors (Lipinski definition) is 2. The molecule has 0 fully saturated rings. The topological polar surface area (TPSA) is 46.4 Å². The highest BCUT2D eigenvalue weighted by atomic mass is 19.1. The Hall–Kier alpha value is -3.47. The summed E-state index contributed by atoms with van der Waals surface area (Å²) < 4.78 is 14.8. The first-order chi connectivity index (χ1) is 12.7. The monoisotopic (exact) mass is 345 g/mol. The normalized spacial score (nSPS) is 10.8. The van der Waals surface area contributed by atoms with Crippen LogP contribution in [-0.2, 0) is 6.54 Å². The van der Waals surface area contributed by atoms with Crippen molar-refractivity contribution >= 4 is 11.6 Å². The quantitative estimate of drug-likeness (QED) is 0.606. The first-order valence-corrected chi connectivity index (χ1v) is 8.26. The van der Waals surface area contributed by atoms with Crippen LogP contribution in [0.15, 0.2) is 79.1 Å². The van der Waals surface area contributed by atoms with Crippen molar-refractivity contribution in [2.45, 2.75) is 6.54 Å². The van der Waals surface area contributed by atoms with Crippen LogP contribution in [0.1, 0.15) is 15.9 Å². The van der Waals surface area contributed by atoms with Gasteiger partial charge < -0.3 is 9.72 Å². The third-order valence-corrected chi connectivity index (χ3v) is 4.16. The van der Waals surface area contributed by atoms with Crippen LogP contribution in [-0.4, -0.2) is 15.3 Å². The van der Waals surface area contributed by atoms with E-state index in [-0.39, 0.29) is 11.7 Å². The predicted molar refractivity (Wildman–Crippen MR) is 98.2 cm³/mol. The van der Waals surface area contributed by atoms with Gasteiger partial charge in [0.15, 0.2) is 0 Å². The van der Waals surface area contributed by atoms with Crippen molar-refractivity contribution in [2.75, 3.05) is 0 Å². The molecule has 0 unspecified atom stereocenters. The second kappa shape index (κ2) is 6.80. The molecule has 0 saturated heterocycles. The number of amides is 1. The van der Waals surface area contributed by atoms with E-state index in [1.165, 1.54) is 12.1 Å². The van der Waals surface area contributed by atoms with Crippen molar-refractivity contribution in [3.05, 3.63) is 96.1 Å². The summed E-state index contributed by atoms with van der Waals surface area (Å²) in [6, 6.07) is 19.5. The number of halogens is 1. The molecule has 0 bridgehead atoms. The fourth-order valence-electron chi connectivity index (χ4n) is 2.76. The van der Waals surface area contributed by atoms with Crippen molar-refractivity contribution in [3.8, 4) is 11.3 Å². The SMILES string of the molecule is O=C(NCc1ccc(F)cc1)c1ccn2cc(-c3ccccc3)nc2c1. The second-order valence-corrected chi connectivity index (χ2v) is 5.98. The van der Waals surface area contributed by atoms with E-state index in [0.29, 0.717) is 17.8 Å². The molecule has 2 aromatic carbocycles. The summed E-state index contributed by atoms with van der Waals surface area (Å²) in [5.41, 5.74) is 3.96. The van der Waals surface area contributed by atoms with E-state index in [1.54, 1.807) is 24.3 Å². The maximum Gasteiger partial charge on any atom is 0.251 e. The number of nitrogens with one attached hydrogen (secondary N) is 1. The van der Waals surface area contributed by atoms with Gasteiger partial charge in [-0.25, -0.2) is 9.37 Å². The highest BCUT2D eigenvalue weighted by Gasteiger charge is 2.09. The fourth-order valence-corrected chi connectivity index (χ4v) is 2.76. The molecule has 0 aliphatic carbocycles. The van der Waals surface area contributed by atoms with Gasteiger partial charge in [-0.15, -0.1) is 0 Å². The zero-order valence-electron chi connectivity index (χ0n) is 13.9. The molecule has 2 heterocycles. The van der Waals surface area contributed by atoms with E-state index in [2.05, 4.69) is 10.3 Å². The third-order valence-electron chi connectivity index (χ3n) is 4.16. The molecule has 128 valence electrons. The number of fused-ring (bicyclic) bond motifs is 1. The van der Waals surface area contributed by atoms with Crippen LogP contribution < -0.4 is 5.32 Å². The number of benzene rings is 2. The lowest BCUT2D eigenvalue weighted by Crippen LogP contribution is -2.22. The smallest absolute Gasteiger partial charge is 0.251 e. The number of hydrogen-bond donors (Lipinski definition) is 1. The van der Waals surface area contributed by atoms with Crippen LogP contribution in [0, 0.1) is 5.82 Å². The molecular weight excluding hydrogens is 329 g/mol. The maximum absolute atomic E-state index is 12.9. The number of carbonyl (C=O) groups is 1. The van der Waals surface area contributed by atoms with Crippen LogP contribution in [0.2, 0.25) is 0 Å². The standard InChI is InChI=1S/C21H16FN3O/c22-18-8-6-15(7-9-18)13-23-21(26)17-10-11-25-14-19(24-20(25)12-17)16-4-2-1-3-5-16/h1-12,14H,13H2,(H,23,26). The molecule has 0 saturated carbocycles. The fraction of sp³-hybridized carbons (Fsp3) is 0.0476. The lowest BCUT2D eigenvalue weighted by atomic mass is 10.2. The number of nitrogens with zero attached hydrogens (tertiary/aromatic N) is 2. The molecule has 0 aliphatic heterocycles. The zero-order valence-corrected chi connectivity index (χ0v) is 13.9. The van der Waals surface area contributed by atoms with E-state index >= 15 is 0 Å². The van der Waals surface area contributed by atoms with Gasteiger partial charge in [-0.05, 0) is 29.8 Å². The van der Waals surface area contributed by atoms with Gasteiger partial charge in [0.25, 0.3) is 5.91 Å². The van der Waals surface area contributed by atoms with Gasteiger partial charge in [0.05, 0.1) is 5.69 Å². The summed E-state index contributed by atoms with van der Waals surface area (Å²) in [5, 5.41) is 2.84. The molecule has 0 radical (unpaired) electrons. The second-order valence-electron chi connectivity index (χ2n) is 5.98. The summed E-state index contributed by atoms with van der Waals surface area (Å²) in [6.45, 7) is 0.341. The Labute approximate surface area is 149 Å². The molecule has 5 heteroatoms. The van der Waals surface area contributed by atoms with E-state index in [1.807, 2.05) is 47.1 Å². The summed E-state index contributed by atoms with van der Waals surface area (Å²) >= 11 is 0. The first kappa shape index (κ1) is 16.0. The summed E-state index contributed by atoms with van der Waals surface area (Å²) in [6.07, 6.45) is 3.76. The Bertz CT molecular complexity index is 1060. The molecule has 4 rings (SSSR count). The van der Waals surface area contributed by atoms with Crippen LogP contribution in [0.25, 0.3) is 16.9 Å². The Morgan fingerprint density at radius 1 is 1.04 bits per heavy atom. The van der Waals surface area contributed by atoms with E-state index in [0.717, 1.165) is 16.8 Å². The highest BCUT2D eigenvalue weighted by molar-refractivity contribution is 5.95. The molecule has 1 N–H and O–H groups in total. The van der Waals surface area contributed by atoms with Crippen molar-refractivity contribution in [3.63, 3.8) is 0 Å². The maximum atomic E-state index is 12.9. The van der Waals surface area contributed by atoms with Gasteiger partial charge in [0.2, 0.25) is 0 Å². The Kier molecular flexibility index (Phi) is 4.19. The summed E-state index contributed by atoms with van der Waals surface area (Å²) in [5.74, 6) is -0.486. The first-order valence-electron chi connectivity index (χ1n) is 8.26. The number of carbonyl (C=O) groups excluding carboxylic acids is 1. The molecule has 4 nitrogen and oxygen atoms in total. The van der Waals surface area contributed by atoms with Crippen molar-refractivity contribution in [1.82, 2.24) is 14.7 Å². The van der Waals surface area contributed by atoms with Crippen molar-refractivity contribution in [1.29, 1.82) is 0 Å². The molecule has 1 amide bonds. The third kappa shape index (κ3) is 3.32. The predicted octanol–water partition coefficient (Wildman–Crippen LogP) is 4.07. The Morgan fingerprint density at radius 2 is 1.81 bits per heavy atom. The van der Waals surface area contributed by atoms with Gasteiger partial charge >= 0.3 is 0 Å². The molecular formula is C21H16FN3O. The molecule has 26 heavy (non-hydrogen) atoms. The minimum absolute atomic E-state index is 0.193. The summed E-state index contributed by atoms with van der Waals surface area (Å²) in [4.78, 5) is 17.0. The van der Waals surface area contributed by atoms with Gasteiger partial charge in [0, 0.05) is 30.1 Å². The number of rotatable bonds is 4. The highest BCUT2D eigenvalue weighted by Crippen LogP contribution is 2.19. The molecule has 0 spiro atoms. The molecule has 0 aliphatic rings. The average molecular weight is 345 g/mol. The average Bonchev–Trinajstić information content (AvgIpc) is 3.11. The Balaban J connectivity index is 1.53. The van der Waals surface area contributed by atoms with Gasteiger partial charge in [-0.3, -0.25) is 4.79 Å². The minimum Gasteiger partial charge on any atom is -0.348 e. The van der Waals surface area contributed by atoms with Gasteiger partial charge in [-0.1, -0.05) is 42.5 Å². The van der Waals surface area contributed by atoms with Crippen LogP contribution >= 0.6 is 0 Å². The molecule has 2 aromatic heterocycles. The largest absolute Gasteiger partial charge is 0.348 e. The number of imidazole rings is 1. The van der Waals surface area contributed by atoms with Crippen LogP contribution in [0.5, 0.6) is 0 Å². The minimum atomic E-state index is -0.293. The Morgan fingerprint density at radius 3 is 2.58 bits per heavy atom. The number of aromatic nitrogens is 2. The lowest BCUT2D eigenvalue weighted by Gasteiger charge is -2.06. The molecule has 0 atom stereocenters. The van der Waals surface area contributed by atoms with E-state index in [4.69, 9.17) is 0 Å². The van der Waals surface area contributed by atoms with Crippen LogP contribution in [0.4, 0.5) is 4.39 Å². The number of pyridine rings is 1. The molecule has 4 aromatic rings. The van der Waals surface area contributed by atoms with Crippen molar-refractivity contribution < 1.29 is 9.18 Å². The van der Waals surface area contributed by atoms with Crippen LogP contribution in [0.3, 0.4) is 0 Å². The lowest BCUT2D eigenvalue weighted by molar-refractivity contribution is 0.0951. The van der Waals surface area contributed by atoms with E-state index in [9.17, 15) is 9.18 Å². The van der Waals surface area contributed by atoms with Gasteiger partial charge in [-0.2, -0.15) is 0 Å². The van der Waals surface area contributed by atoms with Gasteiger partial charge in [0.1, 0.15) is 11.5 Å².